The fraction of sp³-hybridized carbons (Fsp3) is 0.133. The van der Waals surface area contributed by atoms with Crippen LogP contribution in [0.3, 0.4) is 0 Å². The first-order valence-corrected chi connectivity index (χ1v) is 6.20. The summed E-state index contributed by atoms with van der Waals surface area (Å²) in [5, 5.41) is 2.57. The number of hydrogen-bond donors (Lipinski definition) is 0. The van der Waals surface area contributed by atoms with Gasteiger partial charge in [0.05, 0.1) is 12.5 Å². The van der Waals surface area contributed by atoms with Gasteiger partial charge in [0.2, 0.25) is 0 Å². The van der Waals surface area contributed by atoms with Gasteiger partial charge in [-0.15, -0.1) is 0 Å². The SMILES string of the molecule is COc1cc(C)c2c(oc(=O)c3ccccc32)c1Cl. The molecule has 0 bridgehead atoms. The zero-order chi connectivity index (χ0) is 13.6. The maximum absolute atomic E-state index is 12.0. The zero-order valence-corrected chi connectivity index (χ0v) is 11.2. The highest BCUT2D eigenvalue weighted by molar-refractivity contribution is 6.37. The van der Waals surface area contributed by atoms with Crippen molar-refractivity contribution in [1.82, 2.24) is 0 Å². The van der Waals surface area contributed by atoms with Gasteiger partial charge >= 0.3 is 5.63 Å². The lowest BCUT2D eigenvalue weighted by atomic mass is 10.0. The van der Waals surface area contributed by atoms with E-state index in [9.17, 15) is 4.79 Å². The molecule has 0 saturated heterocycles. The van der Waals surface area contributed by atoms with Crippen molar-refractivity contribution < 1.29 is 9.15 Å². The van der Waals surface area contributed by atoms with Gasteiger partial charge in [0.1, 0.15) is 10.8 Å². The first kappa shape index (κ1) is 12.1. The van der Waals surface area contributed by atoms with Crippen molar-refractivity contribution >= 4 is 33.3 Å². The van der Waals surface area contributed by atoms with Crippen LogP contribution in [0.25, 0.3) is 21.7 Å². The van der Waals surface area contributed by atoms with Crippen molar-refractivity contribution in [2.75, 3.05) is 7.11 Å². The van der Waals surface area contributed by atoms with Gasteiger partial charge < -0.3 is 9.15 Å². The van der Waals surface area contributed by atoms with Crippen LogP contribution in [0.2, 0.25) is 5.02 Å². The number of rotatable bonds is 1. The minimum absolute atomic E-state index is 0.325. The molecular formula is C15H11ClO3. The summed E-state index contributed by atoms with van der Waals surface area (Å²) in [5.41, 5.74) is 0.941. The Balaban J connectivity index is 2.65. The molecular weight excluding hydrogens is 264 g/mol. The van der Waals surface area contributed by atoms with Crippen LogP contribution < -0.4 is 10.4 Å². The van der Waals surface area contributed by atoms with Crippen LogP contribution in [-0.4, -0.2) is 7.11 Å². The molecule has 3 rings (SSSR count). The summed E-state index contributed by atoms with van der Waals surface area (Å²) in [5.74, 6) is 0.505. The molecule has 0 fully saturated rings. The maximum Gasteiger partial charge on any atom is 0.344 e. The Morgan fingerprint density at radius 1 is 1.21 bits per heavy atom. The van der Waals surface area contributed by atoms with Crippen molar-refractivity contribution in [3.8, 4) is 5.75 Å². The predicted molar refractivity (Wildman–Crippen MR) is 76.3 cm³/mol. The average Bonchev–Trinajstić information content (AvgIpc) is 2.42. The summed E-state index contributed by atoms with van der Waals surface area (Å²) in [4.78, 5) is 12.0. The standard InChI is InChI=1S/C15H11ClO3/c1-8-7-11(18-2)13(16)14-12(8)9-5-3-4-6-10(9)15(17)19-14/h3-7H,1-2H3. The fourth-order valence-corrected chi connectivity index (χ4v) is 2.60. The van der Waals surface area contributed by atoms with Crippen molar-refractivity contribution in [3.05, 3.63) is 51.3 Å². The van der Waals surface area contributed by atoms with E-state index >= 15 is 0 Å². The van der Waals surface area contributed by atoms with Crippen molar-refractivity contribution in [3.63, 3.8) is 0 Å². The van der Waals surface area contributed by atoms with Crippen LogP contribution in [0, 0.1) is 6.92 Å². The normalized spacial score (nSPS) is 11.1. The second-order valence-corrected chi connectivity index (χ2v) is 4.73. The third kappa shape index (κ3) is 1.70. The van der Waals surface area contributed by atoms with E-state index in [1.54, 1.807) is 6.07 Å². The third-order valence-corrected chi connectivity index (χ3v) is 3.57. The van der Waals surface area contributed by atoms with Gasteiger partial charge in [-0.2, -0.15) is 0 Å². The van der Waals surface area contributed by atoms with Crippen molar-refractivity contribution in [2.24, 2.45) is 0 Å². The van der Waals surface area contributed by atoms with Gasteiger partial charge in [-0.1, -0.05) is 29.8 Å². The smallest absolute Gasteiger partial charge is 0.344 e. The molecule has 0 aliphatic rings. The molecule has 0 radical (unpaired) electrons. The molecule has 0 unspecified atom stereocenters. The van der Waals surface area contributed by atoms with Crippen LogP contribution in [-0.2, 0) is 0 Å². The summed E-state index contributed by atoms with van der Waals surface area (Å²) >= 11 is 6.23. The van der Waals surface area contributed by atoms with Gasteiger partial charge in [0.25, 0.3) is 0 Å². The van der Waals surface area contributed by atoms with Crippen LogP contribution in [0.15, 0.2) is 39.5 Å². The highest BCUT2D eigenvalue weighted by atomic mass is 35.5. The molecule has 1 aromatic heterocycles. The van der Waals surface area contributed by atoms with Crippen LogP contribution in [0.5, 0.6) is 5.75 Å². The molecule has 3 nitrogen and oxygen atoms in total. The largest absolute Gasteiger partial charge is 0.495 e. The lowest BCUT2D eigenvalue weighted by molar-refractivity contribution is 0.414. The molecule has 96 valence electrons. The monoisotopic (exact) mass is 274 g/mol. The first-order valence-electron chi connectivity index (χ1n) is 5.82. The Bertz CT molecular complexity index is 849. The summed E-state index contributed by atoms with van der Waals surface area (Å²) in [6.45, 7) is 1.94. The lowest BCUT2D eigenvalue weighted by Crippen LogP contribution is -2.01. The second-order valence-electron chi connectivity index (χ2n) is 4.35. The van der Waals surface area contributed by atoms with E-state index in [4.69, 9.17) is 20.8 Å². The molecule has 0 saturated carbocycles. The van der Waals surface area contributed by atoms with E-state index in [-0.39, 0.29) is 0 Å². The number of aryl methyl sites for hydroxylation is 1. The Labute approximate surface area is 114 Å². The minimum Gasteiger partial charge on any atom is -0.495 e. The molecule has 3 aromatic rings. The topological polar surface area (TPSA) is 39.4 Å². The molecule has 2 aromatic carbocycles. The van der Waals surface area contributed by atoms with E-state index in [0.29, 0.717) is 21.7 Å². The number of halogens is 1. The molecule has 0 aliphatic carbocycles. The molecule has 1 heterocycles. The quantitative estimate of drug-likeness (QED) is 0.499. The maximum atomic E-state index is 12.0. The minimum atomic E-state index is -0.391. The molecule has 19 heavy (non-hydrogen) atoms. The van der Waals surface area contributed by atoms with Gasteiger partial charge in [0, 0.05) is 10.8 Å². The van der Waals surface area contributed by atoms with Gasteiger partial charge in [-0.3, -0.25) is 0 Å². The van der Waals surface area contributed by atoms with Gasteiger partial charge in [0.15, 0.2) is 5.58 Å². The second kappa shape index (κ2) is 4.28. The van der Waals surface area contributed by atoms with E-state index in [0.717, 1.165) is 16.3 Å². The third-order valence-electron chi connectivity index (χ3n) is 3.22. The fourth-order valence-electron chi connectivity index (χ4n) is 2.34. The number of hydrogen-bond acceptors (Lipinski definition) is 3. The van der Waals surface area contributed by atoms with Crippen LogP contribution >= 0.6 is 11.6 Å². The Hall–Kier alpha value is -2.00. The number of fused-ring (bicyclic) bond motifs is 3. The number of ether oxygens (including phenoxy) is 1. The number of benzene rings is 2. The van der Waals surface area contributed by atoms with Crippen molar-refractivity contribution in [1.29, 1.82) is 0 Å². The summed E-state index contributed by atoms with van der Waals surface area (Å²) in [7, 11) is 1.53. The Morgan fingerprint density at radius 2 is 1.89 bits per heavy atom. The Morgan fingerprint density at radius 3 is 2.58 bits per heavy atom. The van der Waals surface area contributed by atoms with Crippen LogP contribution in [0.4, 0.5) is 0 Å². The van der Waals surface area contributed by atoms with E-state index in [1.807, 2.05) is 31.2 Å². The van der Waals surface area contributed by atoms with E-state index in [2.05, 4.69) is 0 Å². The molecule has 0 amide bonds. The van der Waals surface area contributed by atoms with Gasteiger partial charge in [-0.25, -0.2) is 4.79 Å². The van der Waals surface area contributed by atoms with E-state index < -0.39 is 5.63 Å². The summed E-state index contributed by atoms with van der Waals surface area (Å²) < 4.78 is 10.6. The molecule has 4 heteroatoms. The van der Waals surface area contributed by atoms with Crippen molar-refractivity contribution in [2.45, 2.75) is 6.92 Å². The first-order chi connectivity index (χ1) is 9.13. The van der Waals surface area contributed by atoms with Crippen LogP contribution in [0.1, 0.15) is 5.56 Å². The molecule has 0 N–H and O–H groups in total. The number of methoxy groups -OCH3 is 1. The molecule has 0 atom stereocenters. The lowest BCUT2D eigenvalue weighted by Gasteiger charge is -2.10. The predicted octanol–water partition coefficient (Wildman–Crippen LogP) is 3.92. The van der Waals surface area contributed by atoms with Gasteiger partial charge in [-0.05, 0) is 24.6 Å². The highest BCUT2D eigenvalue weighted by Crippen LogP contribution is 2.37. The molecule has 0 aliphatic heterocycles. The summed E-state index contributed by atoms with van der Waals surface area (Å²) in [6, 6.07) is 9.18. The Kier molecular flexibility index (Phi) is 2.72. The van der Waals surface area contributed by atoms with E-state index in [1.165, 1.54) is 7.11 Å². The average molecular weight is 275 g/mol. The zero-order valence-electron chi connectivity index (χ0n) is 10.5. The molecule has 0 spiro atoms. The summed E-state index contributed by atoms with van der Waals surface area (Å²) in [6.07, 6.45) is 0. The highest BCUT2D eigenvalue weighted by Gasteiger charge is 2.15.